The summed E-state index contributed by atoms with van der Waals surface area (Å²) in [6.45, 7) is 0.182. The van der Waals surface area contributed by atoms with E-state index in [0.29, 0.717) is 22.6 Å². The van der Waals surface area contributed by atoms with E-state index in [0.717, 1.165) is 14.5 Å². The second-order valence-electron chi connectivity index (χ2n) is 4.37. The number of hydrogen-bond donors (Lipinski definition) is 0. The summed E-state index contributed by atoms with van der Waals surface area (Å²) >= 11 is 12.7. The lowest BCUT2D eigenvalue weighted by atomic mass is 10.2. The van der Waals surface area contributed by atoms with Crippen LogP contribution in [0.2, 0.25) is 5.02 Å². The Hall–Kier alpha value is -1.37. The van der Waals surface area contributed by atoms with Crippen molar-refractivity contribution in [1.29, 1.82) is 0 Å². The predicted octanol–water partition coefficient (Wildman–Crippen LogP) is 5.49. The molecule has 0 amide bonds. The van der Waals surface area contributed by atoms with Crippen LogP contribution in [-0.2, 0) is 6.61 Å². The Morgan fingerprint density at radius 1 is 1.09 bits per heavy atom. The van der Waals surface area contributed by atoms with Gasteiger partial charge >= 0.3 is 0 Å². The molecule has 4 nitrogen and oxygen atoms in total. The zero-order valence-electron chi connectivity index (χ0n) is 11.1. The fraction of sp³-hybridized carbons (Fsp3) is 0.0667. The van der Waals surface area contributed by atoms with E-state index in [1.807, 2.05) is 24.3 Å². The van der Waals surface area contributed by atoms with Gasteiger partial charge in [-0.1, -0.05) is 33.6 Å². The third-order valence-corrected chi connectivity index (χ3v) is 4.13. The molecule has 3 aromatic rings. The molecule has 2 aromatic carbocycles. The molecule has 0 spiro atoms. The number of rotatable bonds is 4. The average Bonchev–Trinajstić information content (AvgIpc) is 2.95. The zero-order chi connectivity index (χ0) is 15.5. The SMILES string of the molecule is Clc1ccc(OCc2nnc(-c3cccc(Br)c3)o2)c(Br)c1. The Morgan fingerprint density at radius 3 is 2.73 bits per heavy atom. The fourth-order valence-electron chi connectivity index (χ4n) is 1.78. The highest BCUT2D eigenvalue weighted by Gasteiger charge is 2.10. The molecule has 7 heteroatoms. The van der Waals surface area contributed by atoms with E-state index >= 15 is 0 Å². The van der Waals surface area contributed by atoms with Gasteiger partial charge in [-0.3, -0.25) is 0 Å². The van der Waals surface area contributed by atoms with Crippen molar-refractivity contribution in [3.05, 3.63) is 62.3 Å². The topological polar surface area (TPSA) is 48.2 Å². The van der Waals surface area contributed by atoms with Crippen molar-refractivity contribution in [3.8, 4) is 17.2 Å². The van der Waals surface area contributed by atoms with Gasteiger partial charge in [0.15, 0.2) is 6.61 Å². The first kappa shape index (κ1) is 15.5. The fourth-order valence-corrected chi connectivity index (χ4v) is 2.98. The van der Waals surface area contributed by atoms with E-state index in [9.17, 15) is 0 Å². The van der Waals surface area contributed by atoms with Crippen molar-refractivity contribution < 1.29 is 9.15 Å². The van der Waals surface area contributed by atoms with Crippen molar-refractivity contribution in [2.24, 2.45) is 0 Å². The van der Waals surface area contributed by atoms with Gasteiger partial charge in [0.2, 0.25) is 5.89 Å². The minimum Gasteiger partial charge on any atom is -0.483 e. The molecule has 0 aliphatic carbocycles. The number of nitrogens with zero attached hydrogens (tertiary/aromatic N) is 2. The predicted molar refractivity (Wildman–Crippen MR) is 90.9 cm³/mol. The van der Waals surface area contributed by atoms with Crippen LogP contribution in [0.1, 0.15) is 5.89 Å². The van der Waals surface area contributed by atoms with Gasteiger partial charge in [0.05, 0.1) is 4.47 Å². The smallest absolute Gasteiger partial charge is 0.254 e. The molecule has 0 aliphatic heterocycles. The second kappa shape index (κ2) is 6.81. The minimum atomic E-state index is 0.182. The molecule has 3 rings (SSSR count). The van der Waals surface area contributed by atoms with Crippen LogP contribution in [0.25, 0.3) is 11.5 Å². The molecular formula is C15H9Br2ClN2O2. The molecule has 0 bridgehead atoms. The van der Waals surface area contributed by atoms with E-state index in [1.54, 1.807) is 18.2 Å². The van der Waals surface area contributed by atoms with Crippen molar-refractivity contribution >= 4 is 43.5 Å². The van der Waals surface area contributed by atoms with E-state index in [-0.39, 0.29) is 6.61 Å². The van der Waals surface area contributed by atoms with Gasteiger partial charge in [-0.15, -0.1) is 10.2 Å². The third kappa shape index (κ3) is 3.69. The summed E-state index contributed by atoms with van der Waals surface area (Å²) in [4.78, 5) is 0. The van der Waals surface area contributed by atoms with E-state index in [2.05, 4.69) is 42.1 Å². The van der Waals surface area contributed by atoms with Crippen LogP contribution in [0.5, 0.6) is 5.75 Å². The van der Waals surface area contributed by atoms with Gasteiger partial charge in [-0.2, -0.15) is 0 Å². The molecule has 22 heavy (non-hydrogen) atoms. The Labute approximate surface area is 148 Å². The summed E-state index contributed by atoms with van der Waals surface area (Å²) in [6.07, 6.45) is 0. The van der Waals surface area contributed by atoms with Crippen LogP contribution < -0.4 is 4.74 Å². The molecule has 1 heterocycles. The van der Waals surface area contributed by atoms with Gasteiger partial charge in [0.25, 0.3) is 5.89 Å². The number of benzene rings is 2. The lowest BCUT2D eigenvalue weighted by Gasteiger charge is -2.05. The molecule has 1 aromatic heterocycles. The van der Waals surface area contributed by atoms with Crippen molar-refractivity contribution in [2.75, 3.05) is 0 Å². The van der Waals surface area contributed by atoms with Gasteiger partial charge in [0.1, 0.15) is 5.75 Å². The van der Waals surface area contributed by atoms with E-state index in [4.69, 9.17) is 20.8 Å². The maximum atomic E-state index is 5.89. The Morgan fingerprint density at radius 2 is 1.95 bits per heavy atom. The van der Waals surface area contributed by atoms with Crippen LogP contribution in [-0.4, -0.2) is 10.2 Å². The average molecular weight is 445 g/mol. The summed E-state index contributed by atoms with van der Waals surface area (Å²) in [5.74, 6) is 1.51. The molecule has 0 N–H and O–H groups in total. The van der Waals surface area contributed by atoms with Crippen LogP contribution in [0, 0.1) is 0 Å². The lowest BCUT2D eigenvalue weighted by molar-refractivity contribution is 0.263. The monoisotopic (exact) mass is 442 g/mol. The first-order valence-corrected chi connectivity index (χ1v) is 8.24. The van der Waals surface area contributed by atoms with Gasteiger partial charge in [-0.25, -0.2) is 0 Å². The highest BCUT2D eigenvalue weighted by atomic mass is 79.9. The van der Waals surface area contributed by atoms with Gasteiger partial charge in [-0.05, 0) is 52.3 Å². The van der Waals surface area contributed by atoms with Gasteiger partial charge in [0, 0.05) is 15.1 Å². The van der Waals surface area contributed by atoms with Crippen LogP contribution in [0.15, 0.2) is 55.8 Å². The highest BCUT2D eigenvalue weighted by molar-refractivity contribution is 9.10. The van der Waals surface area contributed by atoms with Crippen molar-refractivity contribution in [3.63, 3.8) is 0 Å². The maximum absolute atomic E-state index is 5.89. The molecule has 0 aliphatic rings. The molecule has 0 saturated carbocycles. The molecule has 0 unspecified atom stereocenters. The van der Waals surface area contributed by atoms with Crippen molar-refractivity contribution in [1.82, 2.24) is 10.2 Å². The van der Waals surface area contributed by atoms with E-state index in [1.165, 1.54) is 0 Å². The summed E-state index contributed by atoms with van der Waals surface area (Å²) in [5.41, 5.74) is 0.848. The number of ether oxygens (including phenoxy) is 1. The number of hydrogen-bond acceptors (Lipinski definition) is 4. The third-order valence-electron chi connectivity index (χ3n) is 2.78. The standard InChI is InChI=1S/C15H9Br2ClN2O2/c16-10-3-1-2-9(6-10)15-20-19-14(22-15)8-21-13-5-4-11(18)7-12(13)17/h1-7H,8H2. The maximum Gasteiger partial charge on any atom is 0.254 e. The Balaban J connectivity index is 1.72. The van der Waals surface area contributed by atoms with E-state index < -0.39 is 0 Å². The second-order valence-corrected chi connectivity index (χ2v) is 6.58. The van der Waals surface area contributed by atoms with Crippen molar-refractivity contribution in [2.45, 2.75) is 6.61 Å². The largest absolute Gasteiger partial charge is 0.483 e. The Kier molecular flexibility index (Phi) is 4.81. The zero-order valence-corrected chi connectivity index (χ0v) is 15.0. The van der Waals surface area contributed by atoms with Gasteiger partial charge < -0.3 is 9.15 Å². The lowest BCUT2D eigenvalue weighted by Crippen LogP contribution is -1.96. The van der Waals surface area contributed by atoms with Crippen LogP contribution in [0.3, 0.4) is 0 Å². The first-order chi connectivity index (χ1) is 10.6. The molecule has 0 fully saturated rings. The van der Waals surface area contributed by atoms with Crippen LogP contribution >= 0.6 is 43.5 Å². The minimum absolute atomic E-state index is 0.182. The first-order valence-electron chi connectivity index (χ1n) is 6.28. The number of aromatic nitrogens is 2. The quantitative estimate of drug-likeness (QED) is 0.534. The molecular weight excluding hydrogens is 435 g/mol. The number of halogens is 3. The summed E-state index contributed by atoms with van der Waals surface area (Å²) in [7, 11) is 0. The highest BCUT2D eigenvalue weighted by Crippen LogP contribution is 2.29. The van der Waals surface area contributed by atoms with Crippen LogP contribution in [0.4, 0.5) is 0 Å². The molecule has 0 atom stereocenters. The molecule has 0 saturated heterocycles. The summed E-state index contributed by atoms with van der Waals surface area (Å²) in [5, 5.41) is 8.65. The molecule has 112 valence electrons. The Bertz CT molecular complexity index is 808. The molecule has 0 radical (unpaired) electrons. The summed E-state index contributed by atoms with van der Waals surface area (Å²) < 4.78 is 13.0. The summed E-state index contributed by atoms with van der Waals surface area (Å²) in [6, 6.07) is 12.9. The normalized spacial score (nSPS) is 10.7.